The lowest BCUT2D eigenvalue weighted by molar-refractivity contribution is -0.146. The predicted octanol–water partition coefficient (Wildman–Crippen LogP) is 2.77. The van der Waals surface area contributed by atoms with E-state index in [1.807, 2.05) is 6.92 Å². The lowest BCUT2D eigenvalue weighted by Crippen LogP contribution is -2.33. The molecule has 0 spiro atoms. The summed E-state index contributed by atoms with van der Waals surface area (Å²) in [6, 6.07) is 1.73. The minimum absolute atomic E-state index is 0.257. The molecule has 0 aliphatic rings. The maximum Gasteiger partial charge on any atom is 0.401 e. The van der Waals surface area contributed by atoms with Crippen LogP contribution >= 0.6 is 0 Å². The van der Waals surface area contributed by atoms with Crippen molar-refractivity contribution >= 4 is 0 Å². The van der Waals surface area contributed by atoms with Crippen molar-refractivity contribution in [1.29, 1.82) is 0 Å². The molecule has 0 aliphatic heterocycles. The van der Waals surface area contributed by atoms with Crippen LogP contribution in [0.5, 0.6) is 0 Å². The van der Waals surface area contributed by atoms with Crippen molar-refractivity contribution in [1.82, 2.24) is 10.2 Å². The third-order valence-corrected chi connectivity index (χ3v) is 2.62. The summed E-state index contributed by atoms with van der Waals surface area (Å²) in [6.07, 6.45) is -2.65. The van der Waals surface area contributed by atoms with Crippen molar-refractivity contribution in [2.45, 2.75) is 33.1 Å². The van der Waals surface area contributed by atoms with E-state index < -0.39 is 12.7 Å². The summed E-state index contributed by atoms with van der Waals surface area (Å²) < 4.78 is 42.3. The van der Waals surface area contributed by atoms with E-state index in [1.165, 1.54) is 11.2 Å². The predicted molar refractivity (Wildman–Crippen MR) is 63.1 cm³/mol. The molecule has 3 nitrogen and oxygen atoms in total. The summed E-state index contributed by atoms with van der Waals surface area (Å²) in [5.41, 5.74) is 0.807. The van der Waals surface area contributed by atoms with Gasteiger partial charge in [0.15, 0.2) is 0 Å². The first kappa shape index (κ1) is 15.0. The molecule has 1 aromatic heterocycles. The lowest BCUT2D eigenvalue weighted by Gasteiger charge is -2.21. The van der Waals surface area contributed by atoms with E-state index in [0.717, 1.165) is 12.1 Å². The van der Waals surface area contributed by atoms with Gasteiger partial charge in [-0.15, -0.1) is 0 Å². The molecule has 0 fully saturated rings. The maximum atomic E-state index is 12.3. The molecule has 0 radical (unpaired) electrons. The standard InChI is InChI=1S/C12H19F3N2O/c1-3-16-7-11-10(5-6-18-11)8-17(4-2)9-12(13,14)15/h5-6,16H,3-4,7-9H2,1-2H3. The van der Waals surface area contributed by atoms with Crippen LogP contribution in [0.1, 0.15) is 25.2 Å². The molecule has 0 saturated carbocycles. The lowest BCUT2D eigenvalue weighted by atomic mass is 10.2. The van der Waals surface area contributed by atoms with Gasteiger partial charge < -0.3 is 9.73 Å². The van der Waals surface area contributed by atoms with Crippen molar-refractivity contribution in [3.63, 3.8) is 0 Å². The molecular formula is C12H19F3N2O. The van der Waals surface area contributed by atoms with E-state index in [2.05, 4.69) is 5.32 Å². The van der Waals surface area contributed by atoms with Gasteiger partial charge in [-0.05, 0) is 19.2 Å². The largest absolute Gasteiger partial charge is 0.468 e. The highest BCUT2D eigenvalue weighted by Crippen LogP contribution is 2.19. The Labute approximate surface area is 105 Å². The van der Waals surface area contributed by atoms with Gasteiger partial charge >= 0.3 is 6.18 Å². The number of rotatable bonds is 7. The zero-order valence-electron chi connectivity index (χ0n) is 10.7. The smallest absolute Gasteiger partial charge is 0.401 e. The third-order valence-electron chi connectivity index (χ3n) is 2.62. The van der Waals surface area contributed by atoms with Gasteiger partial charge in [0, 0.05) is 12.1 Å². The summed E-state index contributed by atoms with van der Waals surface area (Å²) >= 11 is 0. The van der Waals surface area contributed by atoms with Gasteiger partial charge in [0.05, 0.1) is 19.4 Å². The fourth-order valence-corrected chi connectivity index (χ4v) is 1.68. The fraction of sp³-hybridized carbons (Fsp3) is 0.667. The Hall–Kier alpha value is -1.01. The Bertz CT molecular complexity index is 349. The first-order valence-corrected chi connectivity index (χ1v) is 6.01. The molecule has 1 N–H and O–H groups in total. The topological polar surface area (TPSA) is 28.4 Å². The highest BCUT2D eigenvalue weighted by molar-refractivity contribution is 5.16. The van der Waals surface area contributed by atoms with Crippen molar-refractivity contribution in [3.05, 3.63) is 23.7 Å². The van der Waals surface area contributed by atoms with E-state index in [-0.39, 0.29) is 6.54 Å². The highest BCUT2D eigenvalue weighted by atomic mass is 19.4. The quantitative estimate of drug-likeness (QED) is 0.821. The zero-order valence-corrected chi connectivity index (χ0v) is 10.7. The van der Waals surface area contributed by atoms with Crippen LogP contribution in [0.15, 0.2) is 16.7 Å². The molecule has 0 bridgehead atoms. The van der Waals surface area contributed by atoms with Crippen molar-refractivity contribution in [3.8, 4) is 0 Å². The van der Waals surface area contributed by atoms with Crippen LogP contribution in [-0.2, 0) is 13.1 Å². The third kappa shape index (κ3) is 5.10. The van der Waals surface area contributed by atoms with Crippen molar-refractivity contribution in [2.24, 2.45) is 0 Å². The summed E-state index contributed by atoms with van der Waals surface area (Å²) in [5, 5.41) is 3.10. The van der Waals surface area contributed by atoms with Crippen LogP contribution in [0.4, 0.5) is 13.2 Å². The molecule has 0 aliphatic carbocycles. The van der Waals surface area contributed by atoms with Crippen LogP contribution in [-0.4, -0.2) is 30.7 Å². The molecule has 1 aromatic rings. The van der Waals surface area contributed by atoms with Crippen LogP contribution in [0, 0.1) is 0 Å². The fourth-order valence-electron chi connectivity index (χ4n) is 1.68. The minimum Gasteiger partial charge on any atom is -0.468 e. The van der Waals surface area contributed by atoms with E-state index >= 15 is 0 Å². The Morgan fingerprint density at radius 1 is 1.33 bits per heavy atom. The summed E-state index contributed by atoms with van der Waals surface area (Å²) in [4.78, 5) is 1.35. The average molecular weight is 264 g/mol. The van der Waals surface area contributed by atoms with Gasteiger partial charge in [-0.3, -0.25) is 4.90 Å². The number of nitrogens with zero attached hydrogens (tertiary/aromatic N) is 1. The Kier molecular flexibility index (Phi) is 5.68. The number of nitrogens with one attached hydrogen (secondary N) is 1. The van der Waals surface area contributed by atoms with Gasteiger partial charge in [-0.25, -0.2) is 0 Å². The van der Waals surface area contributed by atoms with Gasteiger partial charge in [0.2, 0.25) is 0 Å². The van der Waals surface area contributed by atoms with Gasteiger partial charge in [-0.2, -0.15) is 13.2 Å². The highest BCUT2D eigenvalue weighted by Gasteiger charge is 2.30. The Morgan fingerprint density at radius 3 is 2.61 bits per heavy atom. The molecule has 0 atom stereocenters. The molecular weight excluding hydrogens is 245 g/mol. The van der Waals surface area contributed by atoms with Crippen molar-refractivity contribution in [2.75, 3.05) is 19.6 Å². The van der Waals surface area contributed by atoms with Crippen LogP contribution < -0.4 is 5.32 Å². The SMILES string of the molecule is CCNCc1occc1CN(CC)CC(F)(F)F. The molecule has 18 heavy (non-hydrogen) atoms. The number of halogens is 3. The Balaban J connectivity index is 2.61. The van der Waals surface area contributed by atoms with Crippen LogP contribution in [0.25, 0.3) is 0 Å². The first-order chi connectivity index (χ1) is 8.46. The molecule has 0 aromatic carbocycles. The molecule has 0 saturated heterocycles. The summed E-state index contributed by atoms with van der Waals surface area (Å²) in [7, 11) is 0. The molecule has 0 unspecified atom stereocenters. The van der Waals surface area contributed by atoms with Gasteiger partial charge in [0.25, 0.3) is 0 Å². The van der Waals surface area contributed by atoms with Crippen LogP contribution in [0.2, 0.25) is 0 Å². The molecule has 104 valence electrons. The zero-order chi connectivity index (χ0) is 13.6. The number of alkyl halides is 3. The second-order valence-corrected chi connectivity index (χ2v) is 4.07. The summed E-state index contributed by atoms with van der Waals surface area (Å²) in [6.45, 7) is 4.73. The second kappa shape index (κ2) is 6.80. The number of furan rings is 1. The normalized spacial score (nSPS) is 12.3. The number of hydrogen-bond donors (Lipinski definition) is 1. The molecule has 1 heterocycles. The molecule has 0 amide bonds. The van der Waals surface area contributed by atoms with E-state index in [4.69, 9.17) is 4.42 Å². The number of hydrogen-bond acceptors (Lipinski definition) is 3. The summed E-state index contributed by atoms with van der Waals surface area (Å²) in [5.74, 6) is 0.706. The van der Waals surface area contributed by atoms with E-state index in [0.29, 0.717) is 18.8 Å². The van der Waals surface area contributed by atoms with E-state index in [9.17, 15) is 13.2 Å². The maximum absolute atomic E-state index is 12.3. The van der Waals surface area contributed by atoms with Gasteiger partial charge in [0.1, 0.15) is 5.76 Å². The monoisotopic (exact) mass is 264 g/mol. The molecule has 6 heteroatoms. The molecule has 1 rings (SSSR count). The second-order valence-electron chi connectivity index (χ2n) is 4.07. The first-order valence-electron chi connectivity index (χ1n) is 6.01. The Morgan fingerprint density at radius 2 is 2.06 bits per heavy atom. The average Bonchev–Trinajstić information content (AvgIpc) is 2.71. The van der Waals surface area contributed by atoms with E-state index in [1.54, 1.807) is 13.0 Å². The van der Waals surface area contributed by atoms with Crippen molar-refractivity contribution < 1.29 is 17.6 Å². The minimum atomic E-state index is -4.17. The van der Waals surface area contributed by atoms with Crippen LogP contribution in [0.3, 0.4) is 0 Å². The van der Waals surface area contributed by atoms with Gasteiger partial charge in [-0.1, -0.05) is 13.8 Å².